The quantitative estimate of drug-likeness (QED) is 0.746. The third kappa shape index (κ3) is 4.18. The summed E-state index contributed by atoms with van der Waals surface area (Å²) in [5, 5.41) is 15.3. The summed E-state index contributed by atoms with van der Waals surface area (Å²) in [6.07, 6.45) is 5.41. The Morgan fingerprint density at radius 1 is 1.45 bits per heavy atom. The number of amides is 2. The van der Waals surface area contributed by atoms with E-state index in [0.717, 1.165) is 36.3 Å². The summed E-state index contributed by atoms with van der Waals surface area (Å²) < 4.78 is 0. The van der Waals surface area contributed by atoms with Crippen LogP contribution in [0.3, 0.4) is 0 Å². The molecule has 0 aliphatic heterocycles. The number of carbonyl (C=O) groups is 1. The predicted molar refractivity (Wildman–Crippen MR) is 79.7 cm³/mol. The first-order valence-corrected chi connectivity index (χ1v) is 8.13. The van der Waals surface area contributed by atoms with Crippen molar-refractivity contribution in [2.45, 2.75) is 51.6 Å². The van der Waals surface area contributed by atoms with Crippen molar-refractivity contribution in [2.75, 3.05) is 6.61 Å². The molecular formula is C14H23N3O2S. The van der Waals surface area contributed by atoms with E-state index in [1.165, 1.54) is 6.42 Å². The van der Waals surface area contributed by atoms with Crippen LogP contribution in [0.1, 0.15) is 42.7 Å². The molecule has 0 bridgehead atoms. The minimum absolute atomic E-state index is 0.0880. The predicted octanol–water partition coefficient (Wildman–Crippen LogP) is 2.19. The van der Waals surface area contributed by atoms with Gasteiger partial charge in [0.2, 0.25) is 0 Å². The number of hydrogen-bond acceptors (Lipinski definition) is 4. The Labute approximate surface area is 123 Å². The lowest BCUT2D eigenvalue weighted by molar-refractivity contribution is 0.179. The molecule has 112 valence electrons. The van der Waals surface area contributed by atoms with E-state index in [1.807, 2.05) is 6.92 Å². The Kier molecular flexibility index (Phi) is 5.79. The maximum atomic E-state index is 12.0. The molecule has 1 aliphatic carbocycles. The van der Waals surface area contributed by atoms with Crippen molar-refractivity contribution in [1.29, 1.82) is 0 Å². The molecule has 2 rings (SSSR count). The summed E-state index contributed by atoms with van der Waals surface area (Å²) in [4.78, 5) is 17.2. The number of nitrogens with zero attached hydrogens (tertiary/aromatic N) is 1. The average molecular weight is 297 g/mol. The SMILES string of the molecule is Cc1ncsc1CNC(=O)NC1CCCCCC1CO. The molecule has 1 aromatic rings. The average Bonchev–Trinajstić information content (AvgIpc) is 2.71. The Morgan fingerprint density at radius 3 is 2.95 bits per heavy atom. The number of thiazole rings is 1. The summed E-state index contributed by atoms with van der Waals surface area (Å²) in [6.45, 7) is 2.61. The van der Waals surface area contributed by atoms with Crippen molar-refractivity contribution in [3.05, 3.63) is 16.1 Å². The maximum absolute atomic E-state index is 12.0. The zero-order chi connectivity index (χ0) is 14.4. The summed E-state index contributed by atoms with van der Waals surface area (Å²) in [5.41, 5.74) is 2.76. The van der Waals surface area contributed by atoms with Gasteiger partial charge in [-0.05, 0) is 19.8 Å². The molecule has 1 fully saturated rings. The number of urea groups is 1. The van der Waals surface area contributed by atoms with E-state index >= 15 is 0 Å². The largest absolute Gasteiger partial charge is 0.396 e. The second kappa shape index (κ2) is 7.59. The van der Waals surface area contributed by atoms with Gasteiger partial charge in [-0.25, -0.2) is 9.78 Å². The van der Waals surface area contributed by atoms with Gasteiger partial charge in [0.25, 0.3) is 0 Å². The Hall–Kier alpha value is -1.14. The van der Waals surface area contributed by atoms with Crippen LogP contribution in [0.4, 0.5) is 4.79 Å². The van der Waals surface area contributed by atoms with Crippen molar-refractivity contribution in [3.63, 3.8) is 0 Å². The Morgan fingerprint density at radius 2 is 2.25 bits per heavy atom. The summed E-state index contributed by atoms with van der Waals surface area (Å²) >= 11 is 1.55. The van der Waals surface area contributed by atoms with Crippen LogP contribution in [-0.2, 0) is 6.54 Å². The fourth-order valence-electron chi connectivity index (χ4n) is 2.67. The van der Waals surface area contributed by atoms with Crippen LogP contribution in [0.15, 0.2) is 5.51 Å². The highest BCUT2D eigenvalue weighted by Crippen LogP contribution is 2.23. The highest BCUT2D eigenvalue weighted by atomic mass is 32.1. The zero-order valence-corrected chi connectivity index (χ0v) is 12.7. The Balaban J connectivity index is 1.82. The number of nitrogens with one attached hydrogen (secondary N) is 2. The zero-order valence-electron chi connectivity index (χ0n) is 11.9. The van der Waals surface area contributed by atoms with E-state index in [9.17, 15) is 9.90 Å². The number of hydrogen-bond donors (Lipinski definition) is 3. The molecule has 1 heterocycles. The first-order chi connectivity index (χ1) is 9.70. The Bertz CT molecular complexity index is 436. The van der Waals surface area contributed by atoms with Gasteiger partial charge >= 0.3 is 6.03 Å². The number of carbonyl (C=O) groups excluding carboxylic acids is 1. The smallest absolute Gasteiger partial charge is 0.315 e. The number of aryl methyl sites for hydroxylation is 1. The molecule has 2 atom stereocenters. The van der Waals surface area contributed by atoms with Gasteiger partial charge in [0.15, 0.2) is 0 Å². The molecular weight excluding hydrogens is 274 g/mol. The van der Waals surface area contributed by atoms with Gasteiger partial charge < -0.3 is 15.7 Å². The highest BCUT2D eigenvalue weighted by molar-refractivity contribution is 7.09. The molecule has 1 aliphatic rings. The number of aliphatic hydroxyl groups is 1. The monoisotopic (exact) mass is 297 g/mol. The highest BCUT2D eigenvalue weighted by Gasteiger charge is 2.24. The normalized spacial score (nSPS) is 23.1. The lowest BCUT2D eigenvalue weighted by atomic mass is 9.96. The van der Waals surface area contributed by atoms with E-state index in [-0.39, 0.29) is 24.6 Å². The number of aromatic nitrogens is 1. The van der Waals surface area contributed by atoms with Crippen LogP contribution in [-0.4, -0.2) is 28.8 Å². The molecule has 0 spiro atoms. The summed E-state index contributed by atoms with van der Waals surface area (Å²) in [6, 6.07) is -0.0618. The van der Waals surface area contributed by atoms with Crippen LogP contribution in [0.5, 0.6) is 0 Å². The standard InChI is InChI=1S/C14H23N3O2S/c1-10-13(20-9-16-10)7-15-14(19)17-12-6-4-2-3-5-11(12)8-18/h9,11-12,18H,2-8H2,1H3,(H2,15,17,19). The lowest BCUT2D eigenvalue weighted by Gasteiger charge is -2.24. The van der Waals surface area contributed by atoms with E-state index < -0.39 is 0 Å². The summed E-state index contributed by atoms with van der Waals surface area (Å²) in [7, 11) is 0. The van der Waals surface area contributed by atoms with Crippen molar-refractivity contribution in [3.8, 4) is 0 Å². The van der Waals surface area contributed by atoms with Gasteiger partial charge in [-0.2, -0.15) is 0 Å². The van der Waals surface area contributed by atoms with Crippen LogP contribution in [0, 0.1) is 12.8 Å². The van der Waals surface area contributed by atoms with Crippen molar-refractivity contribution < 1.29 is 9.90 Å². The van der Waals surface area contributed by atoms with Gasteiger partial charge in [0.1, 0.15) is 0 Å². The molecule has 0 radical (unpaired) electrons. The number of aliphatic hydroxyl groups excluding tert-OH is 1. The van der Waals surface area contributed by atoms with E-state index in [2.05, 4.69) is 15.6 Å². The second-order valence-electron chi connectivity index (χ2n) is 5.38. The molecule has 1 aromatic heterocycles. The fraction of sp³-hybridized carbons (Fsp3) is 0.714. The van der Waals surface area contributed by atoms with Crippen molar-refractivity contribution in [1.82, 2.24) is 15.6 Å². The van der Waals surface area contributed by atoms with Gasteiger partial charge in [0, 0.05) is 23.4 Å². The van der Waals surface area contributed by atoms with E-state index in [1.54, 1.807) is 16.8 Å². The first-order valence-electron chi connectivity index (χ1n) is 7.25. The van der Waals surface area contributed by atoms with Crippen molar-refractivity contribution >= 4 is 17.4 Å². The molecule has 2 amide bonds. The van der Waals surface area contributed by atoms with Crippen LogP contribution < -0.4 is 10.6 Å². The van der Waals surface area contributed by atoms with Crippen LogP contribution in [0.25, 0.3) is 0 Å². The molecule has 0 saturated heterocycles. The molecule has 20 heavy (non-hydrogen) atoms. The second-order valence-corrected chi connectivity index (χ2v) is 6.31. The van der Waals surface area contributed by atoms with Gasteiger partial charge in [-0.1, -0.05) is 19.3 Å². The van der Waals surface area contributed by atoms with Gasteiger partial charge in [-0.15, -0.1) is 11.3 Å². The fourth-order valence-corrected chi connectivity index (χ4v) is 3.39. The number of rotatable bonds is 4. The molecule has 2 unspecified atom stereocenters. The molecule has 3 N–H and O–H groups in total. The minimum atomic E-state index is -0.150. The molecule has 0 aromatic carbocycles. The molecule has 6 heteroatoms. The lowest BCUT2D eigenvalue weighted by Crippen LogP contribution is -2.45. The van der Waals surface area contributed by atoms with Crippen molar-refractivity contribution in [2.24, 2.45) is 5.92 Å². The van der Waals surface area contributed by atoms with Gasteiger partial charge in [0.05, 0.1) is 17.7 Å². The third-order valence-electron chi connectivity index (χ3n) is 3.96. The van der Waals surface area contributed by atoms with Crippen LogP contribution >= 0.6 is 11.3 Å². The van der Waals surface area contributed by atoms with E-state index in [0.29, 0.717) is 6.54 Å². The van der Waals surface area contributed by atoms with E-state index in [4.69, 9.17) is 0 Å². The molecule has 1 saturated carbocycles. The third-order valence-corrected chi connectivity index (χ3v) is 4.90. The summed E-state index contributed by atoms with van der Waals surface area (Å²) in [5.74, 6) is 0.188. The first kappa shape index (κ1) is 15.3. The van der Waals surface area contributed by atoms with Crippen LogP contribution in [0.2, 0.25) is 0 Å². The molecule has 5 nitrogen and oxygen atoms in total. The maximum Gasteiger partial charge on any atom is 0.315 e. The minimum Gasteiger partial charge on any atom is -0.396 e. The van der Waals surface area contributed by atoms with Gasteiger partial charge in [-0.3, -0.25) is 0 Å². The topological polar surface area (TPSA) is 74.2 Å².